The Morgan fingerprint density at radius 3 is 2.71 bits per heavy atom. The lowest BCUT2D eigenvalue weighted by Gasteiger charge is -2.23. The maximum atomic E-state index is 11.9. The average molecular weight is 389 g/mol. The molecule has 0 aliphatic carbocycles. The van der Waals surface area contributed by atoms with Gasteiger partial charge >= 0.3 is 0 Å². The van der Waals surface area contributed by atoms with E-state index in [1.165, 1.54) is 5.56 Å². The number of hydrogen-bond donors (Lipinski definition) is 2. The number of nitrogens with zero attached hydrogens (tertiary/aromatic N) is 2. The minimum absolute atomic E-state index is 0.217. The summed E-state index contributed by atoms with van der Waals surface area (Å²) in [5, 5.41) is 6.79. The number of likely N-dealkylation sites (tertiary alicyclic amines) is 1. The minimum atomic E-state index is -0.256. The van der Waals surface area contributed by atoms with Gasteiger partial charge in [0, 0.05) is 37.7 Å². The van der Waals surface area contributed by atoms with E-state index in [-0.39, 0.29) is 17.6 Å². The molecule has 0 aromatic heterocycles. The van der Waals surface area contributed by atoms with Gasteiger partial charge in [-0.1, -0.05) is 19.1 Å². The minimum Gasteiger partial charge on any atom is -0.488 e. The maximum absolute atomic E-state index is 11.9. The van der Waals surface area contributed by atoms with Crippen molar-refractivity contribution in [1.29, 1.82) is 0 Å². The molecule has 0 saturated carbocycles. The molecule has 1 unspecified atom stereocenters. The van der Waals surface area contributed by atoms with Crippen LogP contribution in [0.5, 0.6) is 5.75 Å². The molecule has 6 nitrogen and oxygen atoms in total. The molecular weight excluding hydrogens is 352 g/mol. The molecule has 0 radical (unpaired) electrons. The average Bonchev–Trinajstić information content (AvgIpc) is 3.07. The number of hydrogen-bond acceptors (Lipinski definition) is 3. The third kappa shape index (κ3) is 6.73. The summed E-state index contributed by atoms with van der Waals surface area (Å²) < 4.78 is 6.14. The fourth-order valence-corrected chi connectivity index (χ4v) is 3.22. The highest BCUT2D eigenvalue weighted by Crippen LogP contribution is 2.25. The summed E-state index contributed by atoms with van der Waals surface area (Å²) in [7, 11) is 0. The van der Waals surface area contributed by atoms with Gasteiger partial charge in [-0.05, 0) is 52.7 Å². The first kappa shape index (κ1) is 22.1. The van der Waals surface area contributed by atoms with E-state index in [9.17, 15) is 4.79 Å². The SMILES string of the molecule is CCNC(=NCc1ccc(C)cc1OC(C)(C)C)NC1CCN(C(=O)CC)C1. The van der Waals surface area contributed by atoms with Crippen molar-refractivity contribution in [3.63, 3.8) is 0 Å². The quantitative estimate of drug-likeness (QED) is 0.580. The molecule has 2 rings (SSSR count). The van der Waals surface area contributed by atoms with Crippen molar-refractivity contribution >= 4 is 11.9 Å². The molecule has 1 amide bonds. The largest absolute Gasteiger partial charge is 0.488 e. The summed E-state index contributed by atoms with van der Waals surface area (Å²) in [6.07, 6.45) is 1.50. The number of aliphatic imine (C=N–C) groups is 1. The number of amides is 1. The molecule has 1 aliphatic rings. The van der Waals surface area contributed by atoms with Crippen LogP contribution >= 0.6 is 0 Å². The van der Waals surface area contributed by atoms with E-state index < -0.39 is 0 Å². The van der Waals surface area contributed by atoms with Gasteiger partial charge in [0.05, 0.1) is 6.54 Å². The van der Waals surface area contributed by atoms with E-state index in [4.69, 9.17) is 9.73 Å². The highest BCUT2D eigenvalue weighted by Gasteiger charge is 2.25. The zero-order valence-electron chi connectivity index (χ0n) is 18.3. The highest BCUT2D eigenvalue weighted by atomic mass is 16.5. The first-order valence-electron chi connectivity index (χ1n) is 10.3. The van der Waals surface area contributed by atoms with Gasteiger partial charge in [-0.3, -0.25) is 4.79 Å². The van der Waals surface area contributed by atoms with Gasteiger partial charge in [0.1, 0.15) is 11.4 Å². The summed E-state index contributed by atoms with van der Waals surface area (Å²) >= 11 is 0. The first-order valence-corrected chi connectivity index (χ1v) is 10.3. The molecule has 1 heterocycles. The Balaban J connectivity index is 2.08. The van der Waals surface area contributed by atoms with Gasteiger partial charge in [-0.15, -0.1) is 0 Å². The van der Waals surface area contributed by atoms with Crippen LogP contribution in [0.2, 0.25) is 0 Å². The number of benzene rings is 1. The van der Waals surface area contributed by atoms with Crippen molar-refractivity contribution in [2.45, 2.75) is 72.6 Å². The molecule has 0 bridgehead atoms. The molecule has 0 spiro atoms. The van der Waals surface area contributed by atoms with Crippen LogP contribution in [0.15, 0.2) is 23.2 Å². The molecular formula is C22H36N4O2. The summed E-state index contributed by atoms with van der Waals surface area (Å²) in [4.78, 5) is 18.6. The van der Waals surface area contributed by atoms with Gasteiger partial charge in [-0.25, -0.2) is 4.99 Å². The van der Waals surface area contributed by atoms with Crippen molar-refractivity contribution in [2.75, 3.05) is 19.6 Å². The lowest BCUT2D eigenvalue weighted by Crippen LogP contribution is -2.45. The molecule has 1 fully saturated rings. The van der Waals surface area contributed by atoms with Crippen LogP contribution in [0.25, 0.3) is 0 Å². The summed E-state index contributed by atoms with van der Waals surface area (Å²) in [5.41, 5.74) is 1.98. The van der Waals surface area contributed by atoms with Crippen molar-refractivity contribution in [3.8, 4) is 5.75 Å². The van der Waals surface area contributed by atoms with Crippen molar-refractivity contribution in [1.82, 2.24) is 15.5 Å². The normalized spacial score (nSPS) is 17.6. The Kier molecular flexibility index (Phi) is 7.72. The molecule has 1 aromatic carbocycles. The van der Waals surface area contributed by atoms with Gasteiger partial charge in [0.25, 0.3) is 0 Å². The number of guanidine groups is 1. The van der Waals surface area contributed by atoms with Crippen LogP contribution < -0.4 is 15.4 Å². The molecule has 1 saturated heterocycles. The second-order valence-corrected chi connectivity index (χ2v) is 8.34. The fraction of sp³-hybridized carbons (Fsp3) is 0.636. The topological polar surface area (TPSA) is 66.0 Å². The lowest BCUT2D eigenvalue weighted by atomic mass is 10.1. The lowest BCUT2D eigenvalue weighted by molar-refractivity contribution is -0.129. The third-order valence-electron chi connectivity index (χ3n) is 4.57. The van der Waals surface area contributed by atoms with Crippen molar-refractivity contribution in [3.05, 3.63) is 29.3 Å². The number of rotatable bonds is 6. The van der Waals surface area contributed by atoms with E-state index in [1.807, 2.05) is 11.8 Å². The Morgan fingerprint density at radius 2 is 2.07 bits per heavy atom. The second kappa shape index (κ2) is 9.80. The van der Waals surface area contributed by atoms with E-state index in [0.29, 0.717) is 13.0 Å². The summed E-state index contributed by atoms with van der Waals surface area (Å²) in [5.74, 6) is 1.88. The number of carbonyl (C=O) groups is 1. The fourth-order valence-electron chi connectivity index (χ4n) is 3.22. The zero-order chi connectivity index (χ0) is 20.7. The van der Waals surface area contributed by atoms with Crippen molar-refractivity contribution in [2.24, 2.45) is 4.99 Å². The van der Waals surface area contributed by atoms with E-state index in [1.54, 1.807) is 0 Å². The van der Waals surface area contributed by atoms with Crippen molar-refractivity contribution < 1.29 is 9.53 Å². The maximum Gasteiger partial charge on any atom is 0.222 e. The molecule has 28 heavy (non-hydrogen) atoms. The standard InChI is InChI=1S/C22H36N4O2/c1-7-20(27)26-12-11-18(15-26)25-21(23-8-2)24-14-17-10-9-16(3)13-19(17)28-22(4,5)6/h9-10,13,18H,7-8,11-12,14-15H2,1-6H3,(H2,23,24,25). The number of aryl methyl sites for hydroxylation is 1. The summed E-state index contributed by atoms with van der Waals surface area (Å²) in [6.45, 7) is 15.1. The van der Waals surface area contributed by atoms with Crippen LogP contribution in [0.1, 0.15) is 58.6 Å². The molecule has 2 N–H and O–H groups in total. The Morgan fingerprint density at radius 1 is 1.32 bits per heavy atom. The second-order valence-electron chi connectivity index (χ2n) is 8.34. The Hall–Kier alpha value is -2.24. The number of ether oxygens (including phenoxy) is 1. The van der Waals surface area contributed by atoms with Crippen LogP contribution in [-0.4, -0.2) is 48.0 Å². The first-order chi connectivity index (χ1) is 13.2. The van der Waals surface area contributed by atoms with Gasteiger partial charge in [0.15, 0.2) is 5.96 Å². The van der Waals surface area contributed by atoms with Crippen LogP contribution in [0.4, 0.5) is 0 Å². The number of carbonyl (C=O) groups excluding carboxylic acids is 1. The zero-order valence-corrected chi connectivity index (χ0v) is 18.3. The number of nitrogens with one attached hydrogen (secondary N) is 2. The Bertz CT molecular complexity index is 694. The van der Waals surface area contributed by atoms with Crippen LogP contribution in [0.3, 0.4) is 0 Å². The highest BCUT2D eigenvalue weighted by molar-refractivity contribution is 5.80. The monoisotopic (exact) mass is 388 g/mol. The van der Waals surface area contributed by atoms with E-state index >= 15 is 0 Å². The molecule has 6 heteroatoms. The molecule has 1 aliphatic heterocycles. The van der Waals surface area contributed by atoms with Gasteiger partial charge in [-0.2, -0.15) is 0 Å². The van der Waals surface area contributed by atoms with E-state index in [2.05, 4.69) is 63.5 Å². The molecule has 156 valence electrons. The molecule has 1 aromatic rings. The van der Waals surface area contributed by atoms with E-state index in [0.717, 1.165) is 43.3 Å². The predicted octanol–water partition coefficient (Wildman–Crippen LogP) is 3.24. The summed E-state index contributed by atoms with van der Waals surface area (Å²) in [6, 6.07) is 6.48. The predicted molar refractivity (Wildman–Crippen MR) is 115 cm³/mol. The van der Waals surface area contributed by atoms with Crippen LogP contribution in [0, 0.1) is 6.92 Å². The van der Waals surface area contributed by atoms with Gasteiger partial charge in [0.2, 0.25) is 5.91 Å². The smallest absolute Gasteiger partial charge is 0.222 e. The van der Waals surface area contributed by atoms with Gasteiger partial charge < -0.3 is 20.3 Å². The Labute approximate surface area is 169 Å². The third-order valence-corrected chi connectivity index (χ3v) is 4.57. The van der Waals surface area contributed by atoms with Crippen LogP contribution in [-0.2, 0) is 11.3 Å². The molecule has 1 atom stereocenters.